The summed E-state index contributed by atoms with van der Waals surface area (Å²) in [6.45, 7) is 1.19. The van der Waals surface area contributed by atoms with Crippen molar-refractivity contribution in [2.75, 3.05) is 39.5 Å². The van der Waals surface area contributed by atoms with E-state index in [2.05, 4.69) is 0 Å². The maximum Gasteiger partial charge on any atom is 0.339 e. The zero-order valence-corrected chi connectivity index (χ0v) is 17.7. The predicted molar refractivity (Wildman–Crippen MR) is 108 cm³/mol. The van der Waals surface area contributed by atoms with Crippen LogP contribution in [0, 0.1) is 0 Å². The molecule has 10 heteroatoms. The zero-order chi connectivity index (χ0) is 20.9. The first-order valence-corrected chi connectivity index (χ1v) is 11.0. The minimum atomic E-state index is -3.75. The Bertz CT molecular complexity index is 976. The van der Waals surface area contributed by atoms with Crippen LogP contribution in [0.3, 0.4) is 0 Å². The van der Waals surface area contributed by atoms with Crippen LogP contribution in [0.1, 0.15) is 10.4 Å². The standard InChI is InChI=1S/C19H19Cl2NO6S/c20-16-6-5-14(29(24,25)22-7-9-26-10-8-22)13-15(16)19(23)28-12-11-27-18-4-2-1-3-17(18)21/h1-6,13H,7-12H2. The molecule has 0 N–H and O–H groups in total. The fraction of sp³-hybridized carbons (Fsp3) is 0.316. The summed E-state index contributed by atoms with van der Waals surface area (Å²) in [7, 11) is -3.75. The second-order valence-electron chi connectivity index (χ2n) is 6.07. The van der Waals surface area contributed by atoms with Crippen LogP contribution in [0.15, 0.2) is 47.4 Å². The molecule has 1 saturated heterocycles. The Morgan fingerprint density at radius 2 is 1.76 bits per heavy atom. The molecule has 0 aliphatic carbocycles. The molecule has 0 bridgehead atoms. The van der Waals surface area contributed by atoms with Crippen LogP contribution < -0.4 is 4.74 Å². The molecule has 3 rings (SSSR count). The lowest BCUT2D eigenvalue weighted by molar-refractivity contribution is 0.0450. The highest BCUT2D eigenvalue weighted by atomic mass is 35.5. The Kier molecular flexibility index (Phi) is 7.37. The lowest BCUT2D eigenvalue weighted by Crippen LogP contribution is -2.40. The highest BCUT2D eigenvalue weighted by molar-refractivity contribution is 7.89. The van der Waals surface area contributed by atoms with Gasteiger partial charge in [0, 0.05) is 13.1 Å². The quantitative estimate of drug-likeness (QED) is 0.466. The van der Waals surface area contributed by atoms with Crippen molar-refractivity contribution in [2.45, 2.75) is 4.90 Å². The summed E-state index contributed by atoms with van der Waals surface area (Å²) in [5.74, 6) is -0.265. The largest absolute Gasteiger partial charge is 0.488 e. The summed E-state index contributed by atoms with van der Waals surface area (Å²) >= 11 is 12.1. The van der Waals surface area contributed by atoms with Crippen molar-refractivity contribution >= 4 is 39.2 Å². The molecule has 29 heavy (non-hydrogen) atoms. The highest BCUT2D eigenvalue weighted by Crippen LogP contribution is 2.25. The molecule has 0 saturated carbocycles. The summed E-state index contributed by atoms with van der Waals surface area (Å²) in [6.07, 6.45) is 0. The SMILES string of the molecule is O=C(OCCOc1ccccc1Cl)c1cc(S(=O)(=O)N2CCOCC2)ccc1Cl. The maximum atomic E-state index is 12.8. The number of nitrogens with zero attached hydrogens (tertiary/aromatic N) is 1. The molecule has 0 unspecified atom stereocenters. The van der Waals surface area contributed by atoms with Gasteiger partial charge in [-0.1, -0.05) is 35.3 Å². The Morgan fingerprint density at radius 3 is 2.48 bits per heavy atom. The van der Waals surface area contributed by atoms with E-state index < -0.39 is 16.0 Å². The van der Waals surface area contributed by atoms with Gasteiger partial charge in [0.2, 0.25) is 10.0 Å². The third-order valence-corrected chi connectivity index (χ3v) is 6.71. The van der Waals surface area contributed by atoms with Gasteiger partial charge >= 0.3 is 5.97 Å². The molecular formula is C19H19Cl2NO6S. The Morgan fingerprint density at radius 1 is 1.03 bits per heavy atom. The van der Waals surface area contributed by atoms with Gasteiger partial charge in [0.05, 0.1) is 33.7 Å². The number of ether oxygens (including phenoxy) is 3. The summed E-state index contributed by atoms with van der Waals surface area (Å²) in [5.41, 5.74) is -0.0289. The first kappa shape index (κ1) is 21.9. The Labute approximate surface area is 179 Å². The van der Waals surface area contributed by atoms with E-state index in [4.69, 9.17) is 37.4 Å². The van der Waals surface area contributed by atoms with Gasteiger partial charge in [0.15, 0.2) is 0 Å². The molecule has 0 radical (unpaired) electrons. The number of hydrogen-bond acceptors (Lipinski definition) is 6. The van der Waals surface area contributed by atoms with Gasteiger partial charge in [-0.25, -0.2) is 13.2 Å². The molecule has 0 spiro atoms. The first-order valence-electron chi connectivity index (χ1n) is 8.81. The van der Waals surface area contributed by atoms with Crippen molar-refractivity contribution < 1.29 is 27.4 Å². The van der Waals surface area contributed by atoms with E-state index in [0.29, 0.717) is 24.0 Å². The predicted octanol–water partition coefficient (Wildman–Crippen LogP) is 3.25. The molecule has 7 nitrogen and oxygen atoms in total. The first-order chi connectivity index (χ1) is 13.9. The van der Waals surface area contributed by atoms with Crippen LogP contribution >= 0.6 is 23.2 Å². The third-order valence-electron chi connectivity index (χ3n) is 4.18. The second kappa shape index (κ2) is 9.77. The minimum Gasteiger partial charge on any atom is -0.488 e. The Hall–Kier alpha value is -1.84. The molecule has 1 aliphatic rings. The van der Waals surface area contributed by atoms with Gasteiger partial charge in [-0.15, -0.1) is 0 Å². The fourth-order valence-corrected chi connectivity index (χ4v) is 4.50. The smallest absolute Gasteiger partial charge is 0.339 e. The number of morpholine rings is 1. The molecule has 0 aromatic heterocycles. The number of carbonyl (C=O) groups is 1. The average Bonchev–Trinajstić information content (AvgIpc) is 2.73. The topological polar surface area (TPSA) is 82.1 Å². The number of halogens is 2. The van der Waals surface area contributed by atoms with E-state index in [-0.39, 0.29) is 41.8 Å². The number of sulfonamides is 1. The number of rotatable bonds is 7. The summed E-state index contributed by atoms with van der Waals surface area (Å²) in [6, 6.07) is 10.9. The van der Waals surface area contributed by atoms with E-state index in [1.807, 2.05) is 0 Å². The van der Waals surface area contributed by atoms with Crippen LogP contribution in [0.5, 0.6) is 5.75 Å². The number of carbonyl (C=O) groups excluding carboxylic acids is 1. The van der Waals surface area contributed by atoms with E-state index in [1.54, 1.807) is 24.3 Å². The average molecular weight is 460 g/mol. The summed E-state index contributed by atoms with van der Waals surface area (Å²) in [4.78, 5) is 12.4. The number of hydrogen-bond donors (Lipinski definition) is 0. The van der Waals surface area contributed by atoms with E-state index >= 15 is 0 Å². The van der Waals surface area contributed by atoms with Crippen LogP contribution in [-0.4, -0.2) is 58.2 Å². The Balaban J connectivity index is 1.64. The van der Waals surface area contributed by atoms with Crippen molar-refractivity contribution in [3.8, 4) is 5.75 Å². The monoisotopic (exact) mass is 459 g/mol. The van der Waals surface area contributed by atoms with Gasteiger partial charge in [-0.05, 0) is 30.3 Å². The highest BCUT2D eigenvalue weighted by Gasteiger charge is 2.27. The normalized spacial score (nSPS) is 15.1. The number of esters is 1. The maximum absolute atomic E-state index is 12.8. The summed E-state index contributed by atoms with van der Waals surface area (Å²) in [5, 5.41) is 0.547. The fourth-order valence-electron chi connectivity index (χ4n) is 2.68. The van der Waals surface area contributed by atoms with Crippen LogP contribution in [0.4, 0.5) is 0 Å². The van der Waals surface area contributed by atoms with Gasteiger partial charge in [-0.2, -0.15) is 4.31 Å². The van der Waals surface area contributed by atoms with Crippen LogP contribution in [0.2, 0.25) is 10.0 Å². The van der Waals surface area contributed by atoms with Gasteiger partial charge < -0.3 is 14.2 Å². The van der Waals surface area contributed by atoms with Crippen molar-refractivity contribution in [3.63, 3.8) is 0 Å². The number of para-hydroxylation sites is 1. The molecular weight excluding hydrogens is 441 g/mol. The van der Waals surface area contributed by atoms with Crippen LogP contribution in [0.25, 0.3) is 0 Å². The van der Waals surface area contributed by atoms with Crippen LogP contribution in [-0.2, 0) is 19.5 Å². The van der Waals surface area contributed by atoms with E-state index in [1.165, 1.54) is 22.5 Å². The molecule has 2 aromatic rings. The molecule has 1 fully saturated rings. The second-order valence-corrected chi connectivity index (χ2v) is 8.83. The molecule has 0 atom stereocenters. The summed E-state index contributed by atoms with van der Waals surface area (Å²) < 4.78 is 42.6. The minimum absolute atomic E-state index is 0.0249. The van der Waals surface area contributed by atoms with Gasteiger partial charge in [-0.3, -0.25) is 0 Å². The molecule has 0 amide bonds. The van der Waals surface area contributed by atoms with Crippen molar-refractivity contribution in [1.82, 2.24) is 4.31 Å². The lowest BCUT2D eigenvalue weighted by atomic mass is 10.2. The molecule has 2 aromatic carbocycles. The number of benzene rings is 2. The van der Waals surface area contributed by atoms with E-state index in [0.717, 1.165) is 0 Å². The molecule has 156 valence electrons. The van der Waals surface area contributed by atoms with Crippen molar-refractivity contribution in [1.29, 1.82) is 0 Å². The molecule has 1 heterocycles. The van der Waals surface area contributed by atoms with Gasteiger partial charge in [0.25, 0.3) is 0 Å². The lowest BCUT2D eigenvalue weighted by Gasteiger charge is -2.26. The van der Waals surface area contributed by atoms with E-state index in [9.17, 15) is 13.2 Å². The van der Waals surface area contributed by atoms with Gasteiger partial charge in [0.1, 0.15) is 19.0 Å². The van der Waals surface area contributed by atoms with Crippen molar-refractivity contribution in [3.05, 3.63) is 58.1 Å². The third kappa shape index (κ3) is 5.40. The molecule has 1 aliphatic heterocycles. The van der Waals surface area contributed by atoms with Crippen molar-refractivity contribution in [2.24, 2.45) is 0 Å². The zero-order valence-electron chi connectivity index (χ0n) is 15.3.